The summed E-state index contributed by atoms with van der Waals surface area (Å²) < 4.78 is 0. The molecule has 0 atom stereocenters. The van der Waals surface area contributed by atoms with Crippen LogP contribution < -0.4 is 0 Å². The van der Waals surface area contributed by atoms with Gasteiger partial charge in [0.1, 0.15) is 0 Å². The lowest BCUT2D eigenvalue weighted by molar-refractivity contribution is -0.114. The van der Waals surface area contributed by atoms with Gasteiger partial charge in [0.05, 0.1) is 0 Å². The third-order valence-electron chi connectivity index (χ3n) is 1.64. The monoisotopic (exact) mass is 172 g/mol. The Kier molecular flexibility index (Phi) is 3.71. The number of allylic oxidation sites excluding steroid dienone is 3. The van der Waals surface area contributed by atoms with Crippen LogP contribution in [0.2, 0.25) is 0 Å². The molecule has 0 aliphatic carbocycles. The van der Waals surface area contributed by atoms with Crippen molar-refractivity contribution in [1.29, 1.82) is 0 Å². The Morgan fingerprint density at radius 1 is 1.31 bits per heavy atom. The van der Waals surface area contributed by atoms with Crippen molar-refractivity contribution >= 4 is 5.78 Å². The topological polar surface area (TPSA) is 17.1 Å². The minimum atomic E-state index is 0.103. The molecule has 0 N–H and O–H groups in total. The van der Waals surface area contributed by atoms with Crippen molar-refractivity contribution in [2.45, 2.75) is 6.42 Å². The first-order chi connectivity index (χ1) is 6.33. The smallest absolute Gasteiger partial charge is 0.160 e. The molecule has 1 aromatic rings. The van der Waals surface area contributed by atoms with Gasteiger partial charge in [0.25, 0.3) is 0 Å². The summed E-state index contributed by atoms with van der Waals surface area (Å²) in [7, 11) is 0. The highest BCUT2D eigenvalue weighted by Gasteiger charge is 1.96. The Balaban J connectivity index is 2.55. The Labute approximate surface area is 78.4 Å². The number of carbonyl (C=O) groups excluding carboxylic acids is 1. The fraction of sp³-hybridized carbons (Fsp3) is 0.0833. The molecule has 0 heterocycles. The first-order valence-electron chi connectivity index (χ1n) is 4.19. The fourth-order valence-corrected chi connectivity index (χ4v) is 1.03. The molecule has 0 aromatic heterocycles. The number of hydrogen-bond donors (Lipinski definition) is 0. The van der Waals surface area contributed by atoms with Crippen LogP contribution in [0.3, 0.4) is 0 Å². The second kappa shape index (κ2) is 5.09. The summed E-state index contributed by atoms with van der Waals surface area (Å²) in [4.78, 5) is 11.2. The Hall–Kier alpha value is -1.63. The SMILES string of the molecule is C=CC=CC(=O)Cc1ccccc1. The van der Waals surface area contributed by atoms with Crippen LogP contribution in [-0.4, -0.2) is 5.78 Å². The van der Waals surface area contributed by atoms with E-state index in [1.54, 1.807) is 18.2 Å². The van der Waals surface area contributed by atoms with Crippen molar-refractivity contribution in [2.24, 2.45) is 0 Å². The van der Waals surface area contributed by atoms with Crippen molar-refractivity contribution in [3.63, 3.8) is 0 Å². The third kappa shape index (κ3) is 3.52. The zero-order valence-corrected chi connectivity index (χ0v) is 7.44. The van der Waals surface area contributed by atoms with Crippen LogP contribution in [0.15, 0.2) is 55.1 Å². The maximum Gasteiger partial charge on any atom is 0.160 e. The average molecular weight is 172 g/mol. The highest BCUT2D eigenvalue weighted by Crippen LogP contribution is 2.00. The van der Waals surface area contributed by atoms with Crippen molar-refractivity contribution in [3.05, 3.63) is 60.7 Å². The van der Waals surface area contributed by atoms with Crippen LogP contribution in [0.4, 0.5) is 0 Å². The molecule has 13 heavy (non-hydrogen) atoms. The number of ketones is 1. The van der Waals surface area contributed by atoms with Gasteiger partial charge in [-0.2, -0.15) is 0 Å². The van der Waals surface area contributed by atoms with Gasteiger partial charge >= 0.3 is 0 Å². The fourth-order valence-electron chi connectivity index (χ4n) is 1.03. The molecule has 1 heteroatoms. The summed E-state index contributed by atoms with van der Waals surface area (Å²) in [5.74, 6) is 0.103. The predicted octanol–water partition coefficient (Wildman–Crippen LogP) is 2.54. The molecule has 1 rings (SSSR count). The number of benzene rings is 1. The maximum absolute atomic E-state index is 11.2. The molecule has 0 fully saturated rings. The number of rotatable bonds is 4. The van der Waals surface area contributed by atoms with E-state index in [1.165, 1.54) is 0 Å². The summed E-state index contributed by atoms with van der Waals surface area (Å²) >= 11 is 0. The van der Waals surface area contributed by atoms with Crippen molar-refractivity contribution in [3.8, 4) is 0 Å². The van der Waals surface area contributed by atoms with Gasteiger partial charge in [-0.1, -0.05) is 49.1 Å². The lowest BCUT2D eigenvalue weighted by Crippen LogP contribution is -1.97. The van der Waals surface area contributed by atoms with Gasteiger partial charge in [-0.05, 0) is 11.6 Å². The van der Waals surface area contributed by atoms with Crippen LogP contribution in [0, 0.1) is 0 Å². The van der Waals surface area contributed by atoms with Crippen LogP contribution in [-0.2, 0) is 11.2 Å². The van der Waals surface area contributed by atoms with Gasteiger partial charge in [0, 0.05) is 6.42 Å². The average Bonchev–Trinajstić information content (AvgIpc) is 2.16. The molecule has 0 bridgehead atoms. The quantitative estimate of drug-likeness (QED) is 0.504. The van der Waals surface area contributed by atoms with Crippen LogP contribution in [0.1, 0.15) is 5.56 Å². The molecule has 0 aliphatic heterocycles. The van der Waals surface area contributed by atoms with Crippen LogP contribution >= 0.6 is 0 Å². The van der Waals surface area contributed by atoms with Gasteiger partial charge in [0.15, 0.2) is 5.78 Å². The summed E-state index contributed by atoms with van der Waals surface area (Å²) in [6, 6.07) is 9.69. The van der Waals surface area contributed by atoms with E-state index in [-0.39, 0.29) is 5.78 Å². The predicted molar refractivity (Wildman–Crippen MR) is 54.5 cm³/mol. The Bertz CT molecular complexity index is 309. The van der Waals surface area contributed by atoms with Gasteiger partial charge < -0.3 is 0 Å². The minimum Gasteiger partial charge on any atom is -0.294 e. The lowest BCUT2D eigenvalue weighted by Gasteiger charge is -1.95. The summed E-state index contributed by atoms with van der Waals surface area (Å²) in [6.45, 7) is 3.50. The maximum atomic E-state index is 11.2. The largest absolute Gasteiger partial charge is 0.294 e. The van der Waals surface area contributed by atoms with E-state index < -0.39 is 0 Å². The molecule has 1 nitrogen and oxygen atoms in total. The first kappa shape index (κ1) is 9.46. The zero-order chi connectivity index (χ0) is 9.52. The van der Waals surface area contributed by atoms with Crippen LogP contribution in [0.5, 0.6) is 0 Å². The van der Waals surface area contributed by atoms with Gasteiger partial charge in [-0.15, -0.1) is 0 Å². The molecule has 66 valence electrons. The van der Waals surface area contributed by atoms with Crippen molar-refractivity contribution in [1.82, 2.24) is 0 Å². The molecule has 0 aliphatic rings. The van der Waals surface area contributed by atoms with Gasteiger partial charge in [0.2, 0.25) is 0 Å². The van der Waals surface area contributed by atoms with E-state index in [0.717, 1.165) is 5.56 Å². The second-order valence-corrected chi connectivity index (χ2v) is 2.72. The van der Waals surface area contributed by atoms with Gasteiger partial charge in [-0.25, -0.2) is 0 Å². The molecule has 1 aromatic carbocycles. The van der Waals surface area contributed by atoms with Crippen LogP contribution in [0.25, 0.3) is 0 Å². The zero-order valence-electron chi connectivity index (χ0n) is 7.44. The van der Waals surface area contributed by atoms with E-state index in [9.17, 15) is 4.79 Å². The molecule has 0 radical (unpaired) electrons. The molecule has 0 amide bonds. The second-order valence-electron chi connectivity index (χ2n) is 2.72. The molecule has 0 spiro atoms. The first-order valence-corrected chi connectivity index (χ1v) is 4.19. The minimum absolute atomic E-state index is 0.103. The van der Waals surface area contributed by atoms with E-state index in [2.05, 4.69) is 6.58 Å². The van der Waals surface area contributed by atoms with E-state index in [0.29, 0.717) is 6.42 Å². The van der Waals surface area contributed by atoms with E-state index in [1.807, 2.05) is 30.3 Å². The molecular weight excluding hydrogens is 160 g/mol. The summed E-state index contributed by atoms with van der Waals surface area (Å²) in [5.41, 5.74) is 1.04. The highest BCUT2D eigenvalue weighted by atomic mass is 16.1. The van der Waals surface area contributed by atoms with Crippen molar-refractivity contribution in [2.75, 3.05) is 0 Å². The summed E-state index contributed by atoms with van der Waals surface area (Å²) in [6.07, 6.45) is 5.26. The standard InChI is InChI=1S/C12H12O/c1-2-3-9-12(13)10-11-7-5-4-6-8-11/h2-9H,1,10H2. The van der Waals surface area contributed by atoms with Gasteiger partial charge in [-0.3, -0.25) is 4.79 Å². The molecular formula is C12H12O. The normalized spacial score (nSPS) is 10.2. The lowest BCUT2D eigenvalue weighted by atomic mass is 10.1. The number of carbonyl (C=O) groups is 1. The molecule has 0 unspecified atom stereocenters. The molecule has 0 saturated heterocycles. The Morgan fingerprint density at radius 3 is 2.62 bits per heavy atom. The summed E-state index contributed by atoms with van der Waals surface area (Å²) in [5, 5.41) is 0. The third-order valence-corrected chi connectivity index (χ3v) is 1.64. The molecule has 0 saturated carbocycles. The highest BCUT2D eigenvalue weighted by molar-refractivity contribution is 5.91. The van der Waals surface area contributed by atoms with E-state index in [4.69, 9.17) is 0 Å². The number of hydrogen-bond acceptors (Lipinski definition) is 1. The Morgan fingerprint density at radius 2 is 2.00 bits per heavy atom. The van der Waals surface area contributed by atoms with Crippen molar-refractivity contribution < 1.29 is 4.79 Å². The van der Waals surface area contributed by atoms with E-state index >= 15 is 0 Å².